The van der Waals surface area contributed by atoms with Crippen LogP contribution in [0, 0.1) is 0 Å². The smallest absolute Gasteiger partial charge is 0.323 e. The Morgan fingerprint density at radius 1 is 1.24 bits per heavy atom. The molecule has 1 aromatic heterocycles. The van der Waals surface area contributed by atoms with Crippen LogP contribution in [0.15, 0.2) is 34.1 Å². The molecule has 6 nitrogen and oxygen atoms in total. The van der Waals surface area contributed by atoms with Gasteiger partial charge in [0, 0.05) is 18.7 Å². The van der Waals surface area contributed by atoms with Gasteiger partial charge in [-0.05, 0) is 37.1 Å². The predicted molar refractivity (Wildman–Crippen MR) is 81.0 cm³/mol. The van der Waals surface area contributed by atoms with Crippen LogP contribution < -0.4 is 16.3 Å². The van der Waals surface area contributed by atoms with Gasteiger partial charge in [0.05, 0.1) is 17.1 Å². The van der Waals surface area contributed by atoms with Crippen molar-refractivity contribution in [1.82, 2.24) is 20.6 Å². The van der Waals surface area contributed by atoms with Crippen LogP contribution in [0.3, 0.4) is 0 Å². The topological polar surface area (TPSA) is 89.8 Å². The van der Waals surface area contributed by atoms with E-state index in [0.29, 0.717) is 0 Å². The molecule has 1 atom stereocenters. The van der Waals surface area contributed by atoms with Crippen LogP contribution >= 0.6 is 0 Å². The number of nitrogens with one attached hydrogen (secondary N) is 4. The number of hydrogen-bond acceptors (Lipinski definition) is 3. The first kappa shape index (κ1) is 13.6. The quantitative estimate of drug-likeness (QED) is 0.633. The number of aromatic nitrogens is 2. The molecule has 1 fully saturated rings. The summed E-state index contributed by atoms with van der Waals surface area (Å²) in [4.78, 5) is 28.9. The average molecular weight is 286 g/mol. The average Bonchev–Trinajstić information content (AvgIpc) is 2.75. The maximum absolute atomic E-state index is 12.2. The molecule has 0 bridgehead atoms. The summed E-state index contributed by atoms with van der Waals surface area (Å²) in [7, 11) is 0. The van der Waals surface area contributed by atoms with E-state index in [2.05, 4.69) is 20.6 Å². The second-order valence-electron chi connectivity index (χ2n) is 5.41. The fourth-order valence-electron chi connectivity index (χ4n) is 2.38. The van der Waals surface area contributed by atoms with E-state index in [0.717, 1.165) is 40.8 Å². The van der Waals surface area contributed by atoms with E-state index in [-0.39, 0.29) is 17.6 Å². The Bertz CT molecular complexity index is 778. The van der Waals surface area contributed by atoms with Crippen molar-refractivity contribution in [3.8, 4) is 0 Å². The van der Waals surface area contributed by atoms with E-state index < -0.39 is 0 Å². The Morgan fingerprint density at radius 2 is 1.95 bits per heavy atom. The van der Waals surface area contributed by atoms with Gasteiger partial charge in [-0.25, -0.2) is 4.79 Å². The number of amides is 1. The molecule has 0 saturated carbocycles. The highest BCUT2D eigenvalue weighted by atomic mass is 16.2. The first-order valence-electron chi connectivity index (χ1n) is 6.97. The second kappa shape index (κ2) is 5.21. The van der Waals surface area contributed by atoms with Gasteiger partial charge in [-0.15, -0.1) is 0 Å². The number of rotatable bonds is 3. The standard InChI is InChI=1S/C15H18N4O2/c1-8(11-6-16-7-11)14(20)17-9(2)10-3-4-12-13(5-10)19-15(21)18-12/h3-5,9,16H,6-7H2,1-2H3,(H,17,20)(H2,18,19,21). The monoisotopic (exact) mass is 286 g/mol. The number of carbonyl (C=O) groups excluding carboxylic acids is 1. The van der Waals surface area contributed by atoms with Crippen LogP contribution in [0.5, 0.6) is 0 Å². The third kappa shape index (κ3) is 2.62. The first-order chi connectivity index (χ1) is 10.0. The molecular formula is C15H18N4O2. The minimum atomic E-state index is -0.225. The lowest BCUT2D eigenvalue weighted by molar-refractivity contribution is -0.118. The largest absolute Gasteiger partial charge is 0.346 e. The molecule has 1 unspecified atom stereocenters. The molecule has 1 amide bonds. The van der Waals surface area contributed by atoms with Crippen molar-refractivity contribution in [2.24, 2.45) is 0 Å². The lowest BCUT2D eigenvalue weighted by Gasteiger charge is -2.22. The molecule has 110 valence electrons. The summed E-state index contributed by atoms with van der Waals surface area (Å²) in [5, 5.41) is 6.12. The summed E-state index contributed by atoms with van der Waals surface area (Å²) in [6.07, 6.45) is 0. The molecular weight excluding hydrogens is 268 g/mol. The lowest BCUT2D eigenvalue weighted by Crippen LogP contribution is -2.38. The van der Waals surface area contributed by atoms with Crippen LogP contribution in [-0.4, -0.2) is 29.0 Å². The van der Waals surface area contributed by atoms with Crippen LogP contribution in [-0.2, 0) is 4.79 Å². The molecule has 3 rings (SSSR count). The van der Waals surface area contributed by atoms with Crippen molar-refractivity contribution < 1.29 is 4.79 Å². The SMILES string of the molecule is CC(C(=O)NC(C)c1ccc2[nH]c(=O)[nH]c2c1)=C1CNC1. The normalized spacial score (nSPS) is 15.6. The molecule has 1 aliphatic heterocycles. The Kier molecular flexibility index (Phi) is 3.39. The van der Waals surface area contributed by atoms with E-state index in [1.54, 1.807) is 0 Å². The van der Waals surface area contributed by atoms with Gasteiger partial charge in [0.2, 0.25) is 5.91 Å². The Labute approximate surface area is 121 Å². The van der Waals surface area contributed by atoms with Gasteiger partial charge in [-0.3, -0.25) is 4.79 Å². The van der Waals surface area contributed by atoms with E-state index in [1.165, 1.54) is 0 Å². The molecule has 2 aromatic rings. The van der Waals surface area contributed by atoms with E-state index in [1.807, 2.05) is 32.0 Å². The van der Waals surface area contributed by atoms with Crippen LogP contribution in [0.2, 0.25) is 0 Å². The van der Waals surface area contributed by atoms with E-state index in [4.69, 9.17) is 0 Å². The Hall–Kier alpha value is -2.34. The number of hydrogen-bond donors (Lipinski definition) is 4. The van der Waals surface area contributed by atoms with Gasteiger partial charge < -0.3 is 20.6 Å². The molecule has 21 heavy (non-hydrogen) atoms. The highest BCUT2D eigenvalue weighted by Crippen LogP contribution is 2.18. The summed E-state index contributed by atoms with van der Waals surface area (Å²) in [5.41, 5.74) is 4.19. The molecule has 1 aliphatic rings. The number of benzene rings is 1. The zero-order valence-corrected chi connectivity index (χ0v) is 12.0. The number of H-pyrrole nitrogens is 2. The Morgan fingerprint density at radius 3 is 2.62 bits per heavy atom. The molecule has 1 aromatic carbocycles. The minimum Gasteiger partial charge on any atom is -0.346 e. The first-order valence-corrected chi connectivity index (χ1v) is 6.97. The predicted octanol–water partition coefficient (Wildman–Crippen LogP) is 0.953. The highest BCUT2D eigenvalue weighted by Gasteiger charge is 2.18. The van der Waals surface area contributed by atoms with Crippen LogP contribution in [0.4, 0.5) is 0 Å². The van der Waals surface area contributed by atoms with Crippen molar-refractivity contribution in [2.45, 2.75) is 19.9 Å². The van der Waals surface area contributed by atoms with Gasteiger partial charge >= 0.3 is 5.69 Å². The number of fused-ring (bicyclic) bond motifs is 1. The summed E-state index contributed by atoms with van der Waals surface area (Å²) < 4.78 is 0. The van der Waals surface area contributed by atoms with Crippen molar-refractivity contribution in [3.05, 3.63) is 45.4 Å². The molecule has 2 heterocycles. The zero-order valence-electron chi connectivity index (χ0n) is 12.0. The third-order valence-corrected chi connectivity index (χ3v) is 3.94. The van der Waals surface area contributed by atoms with Gasteiger partial charge in [0.1, 0.15) is 0 Å². The number of carbonyl (C=O) groups is 1. The van der Waals surface area contributed by atoms with Crippen LogP contribution in [0.25, 0.3) is 11.0 Å². The van der Waals surface area contributed by atoms with E-state index >= 15 is 0 Å². The van der Waals surface area contributed by atoms with Gasteiger partial charge in [0.25, 0.3) is 0 Å². The molecule has 4 N–H and O–H groups in total. The summed E-state index contributed by atoms with van der Waals surface area (Å²) in [6, 6.07) is 5.51. The van der Waals surface area contributed by atoms with Crippen molar-refractivity contribution in [1.29, 1.82) is 0 Å². The van der Waals surface area contributed by atoms with Gasteiger partial charge in [-0.1, -0.05) is 6.07 Å². The van der Waals surface area contributed by atoms with Crippen molar-refractivity contribution in [2.75, 3.05) is 13.1 Å². The van der Waals surface area contributed by atoms with Gasteiger partial charge in [0.15, 0.2) is 0 Å². The fourth-order valence-corrected chi connectivity index (χ4v) is 2.38. The molecule has 1 saturated heterocycles. The van der Waals surface area contributed by atoms with E-state index in [9.17, 15) is 9.59 Å². The molecule has 6 heteroatoms. The summed E-state index contributed by atoms with van der Waals surface area (Å²) >= 11 is 0. The fraction of sp³-hybridized carbons (Fsp3) is 0.333. The zero-order chi connectivity index (χ0) is 15.0. The van der Waals surface area contributed by atoms with Gasteiger partial charge in [-0.2, -0.15) is 0 Å². The minimum absolute atomic E-state index is 0.0401. The van der Waals surface area contributed by atoms with Crippen molar-refractivity contribution in [3.63, 3.8) is 0 Å². The summed E-state index contributed by atoms with van der Waals surface area (Å²) in [6.45, 7) is 5.38. The summed E-state index contributed by atoms with van der Waals surface area (Å²) in [5.74, 6) is -0.0401. The second-order valence-corrected chi connectivity index (χ2v) is 5.41. The maximum Gasteiger partial charge on any atom is 0.323 e. The lowest BCUT2D eigenvalue weighted by atomic mass is 10.0. The highest BCUT2D eigenvalue weighted by molar-refractivity contribution is 5.94. The van der Waals surface area contributed by atoms with Crippen LogP contribution in [0.1, 0.15) is 25.5 Å². The number of imidazole rings is 1. The third-order valence-electron chi connectivity index (χ3n) is 3.94. The Balaban J connectivity index is 1.78. The molecule has 0 aliphatic carbocycles. The maximum atomic E-state index is 12.2. The van der Waals surface area contributed by atoms with Crippen molar-refractivity contribution >= 4 is 16.9 Å². The molecule has 0 spiro atoms. The number of aromatic amines is 2. The molecule has 0 radical (unpaired) electrons.